The predicted molar refractivity (Wildman–Crippen MR) is 66.9 cm³/mol. The summed E-state index contributed by atoms with van der Waals surface area (Å²) in [6.07, 6.45) is 6.74. The fourth-order valence-electron chi connectivity index (χ4n) is 2.33. The molecule has 1 saturated carbocycles. The average molecular weight is 212 g/mol. The van der Waals surface area contributed by atoms with Gasteiger partial charge in [-0.3, -0.25) is 0 Å². The normalized spacial score (nSPS) is 18.8. The molecule has 2 N–H and O–H groups in total. The topological polar surface area (TPSA) is 29.3 Å². The number of nitrogens with zero attached hydrogens (tertiary/aromatic N) is 1. The van der Waals surface area contributed by atoms with E-state index in [9.17, 15) is 0 Å². The molecule has 0 aliphatic heterocycles. The van der Waals surface area contributed by atoms with Gasteiger partial charge < -0.3 is 10.6 Å². The summed E-state index contributed by atoms with van der Waals surface area (Å²) in [5.41, 5.74) is 5.65. The van der Waals surface area contributed by atoms with Crippen molar-refractivity contribution >= 4 is 0 Å². The van der Waals surface area contributed by atoms with Crippen molar-refractivity contribution in [1.29, 1.82) is 0 Å². The highest BCUT2D eigenvalue weighted by atomic mass is 15.1. The molecule has 2 nitrogen and oxygen atoms in total. The van der Waals surface area contributed by atoms with Crippen LogP contribution in [0.1, 0.15) is 46.0 Å². The summed E-state index contributed by atoms with van der Waals surface area (Å²) in [5, 5.41) is 0. The molecule has 2 heteroatoms. The molecule has 1 fully saturated rings. The van der Waals surface area contributed by atoms with E-state index in [1.807, 2.05) is 0 Å². The highest BCUT2D eigenvalue weighted by Gasteiger charge is 2.25. The van der Waals surface area contributed by atoms with Gasteiger partial charge in [0.15, 0.2) is 0 Å². The first-order valence-electron chi connectivity index (χ1n) is 6.55. The second-order valence-corrected chi connectivity index (χ2v) is 5.44. The van der Waals surface area contributed by atoms with Crippen molar-refractivity contribution in [3.63, 3.8) is 0 Å². The Balaban J connectivity index is 2.09. The van der Waals surface area contributed by atoms with E-state index >= 15 is 0 Å². The van der Waals surface area contributed by atoms with Crippen molar-refractivity contribution in [3.8, 4) is 0 Å². The number of hydrogen-bond donors (Lipinski definition) is 1. The zero-order chi connectivity index (χ0) is 11.3. The Bertz CT molecular complexity index is 164. The Morgan fingerprint density at radius 2 is 1.93 bits per heavy atom. The fraction of sp³-hybridized carbons (Fsp3) is 1.00. The quantitative estimate of drug-likeness (QED) is 0.670. The van der Waals surface area contributed by atoms with E-state index in [2.05, 4.69) is 25.8 Å². The second kappa shape index (κ2) is 6.49. The van der Waals surface area contributed by atoms with Crippen molar-refractivity contribution in [1.82, 2.24) is 4.90 Å². The number of nitrogens with two attached hydrogens (primary N) is 1. The molecule has 1 atom stereocenters. The molecule has 0 heterocycles. The molecule has 0 bridgehead atoms. The Kier molecular flexibility index (Phi) is 5.62. The van der Waals surface area contributed by atoms with Crippen LogP contribution in [0.25, 0.3) is 0 Å². The Morgan fingerprint density at radius 3 is 2.40 bits per heavy atom. The van der Waals surface area contributed by atoms with Crippen LogP contribution in [-0.2, 0) is 0 Å². The summed E-state index contributed by atoms with van der Waals surface area (Å²) in [6, 6.07) is 0.914. The molecule has 0 aromatic carbocycles. The summed E-state index contributed by atoms with van der Waals surface area (Å²) >= 11 is 0. The zero-order valence-corrected chi connectivity index (χ0v) is 10.7. The van der Waals surface area contributed by atoms with Gasteiger partial charge in [-0.15, -0.1) is 0 Å². The van der Waals surface area contributed by atoms with Crippen molar-refractivity contribution < 1.29 is 0 Å². The third-order valence-electron chi connectivity index (χ3n) is 3.74. The molecule has 1 aliphatic carbocycles. The van der Waals surface area contributed by atoms with Gasteiger partial charge in [0.1, 0.15) is 0 Å². The van der Waals surface area contributed by atoms with Gasteiger partial charge in [0.25, 0.3) is 0 Å². The summed E-state index contributed by atoms with van der Waals surface area (Å²) in [5.74, 6) is 1.63. The van der Waals surface area contributed by atoms with Crippen molar-refractivity contribution in [2.75, 3.05) is 20.1 Å². The summed E-state index contributed by atoms with van der Waals surface area (Å²) in [7, 11) is 2.27. The van der Waals surface area contributed by atoms with Gasteiger partial charge in [0.2, 0.25) is 0 Å². The molecule has 0 aromatic heterocycles. The highest BCUT2D eigenvalue weighted by Crippen LogP contribution is 2.26. The summed E-state index contributed by atoms with van der Waals surface area (Å²) in [6.45, 7) is 6.77. The maximum atomic E-state index is 5.65. The van der Waals surface area contributed by atoms with Gasteiger partial charge in [-0.05, 0) is 64.1 Å². The molecule has 0 amide bonds. The Labute approximate surface area is 95.2 Å². The Hall–Kier alpha value is -0.0800. The van der Waals surface area contributed by atoms with Crippen LogP contribution < -0.4 is 5.73 Å². The third-order valence-corrected chi connectivity index (χ3v) is 3.74. The van der Waals surface area contributed by atoms with E-state index < -0.39 is 0 Å². The van der Waals surface area contributed by atoms with Crippen molar-refractivity contribution in [3.05, 3.63) is 0 Å². The smallest absolute Gasteiger partial charge is 0.00933 e. The standard InChI is InChI=1S/C13H28N2/c1-11(2)12(8-9-14)5-4-10-15(3)13-6-7-13/h11-13H,4-10,14H2,1-3H3. The second-order valence-electron chi connectivity index (χ2n) is 5.44. The van der Waals surface area contributed by atoms with E-state index in [1.54, 1.807) is 0 Å². The van der Waals surface area contributed by atoms with E-state index in [0.29, 0.717) is 0 Å². The van der Waals surface area contributed by atoms with Crippen LogP contribution in [0, 0.1) is 11.8 Å². The van der Waals surface area contributed by atoms with Crippen molar-refractivity contribution in [2.24, 2.45) is 17.6 Å². The molecule has 90 valence electrons. The van der Waals surface area contributed by atoms with E-state index in [1.165, 1.54) is 38.6 Å². The van der Waals surface area contributed by atoms with Crippen molar-refractivity contribution in [2.45, 2.75) is 52.0 Å². The lowest BCUT2D eigenvalue weighted by Gasteiger charge is -2.22. The van der Waals surface area contributed by atoms with Crippen LogP contribution in [0.5, 0.6) is 0 Å². The van der Waals surface area contributed by atoms with E-state index in [0.717, 1.165) is 24.4 Å². The molecule has 0 saturated heterocycles. The number of hydrogen-bond acceptors (Lipinski definition) is 2. The molecular weight excluding hydrogens is 184 g/mol. The van der Waals surface area contributed by atoms with Gasteiger partial charge >= 0.3 is 0 Å². The molecule has 1 unspecified atom stereocenters. The molecule has 15 heavy (non-hydrogen) atoms. The largest absolute Gasteiger partial charge is 0.330 e. The maximum Gasteiger partial charge on any atom is 0.00933 e. The van der Waals surface area contributed by atoms with Crippen LogP contribution in [0.2, 0.25) is 0 Å². The Morgan fingerprint density at radius 1 is 1.27 bits per heavy atom. The lowest BCUT2D eigenvalue weighted by atomic mass is 9.88. The number of rotatable bonds is 8. The predicted octanol–water partition coefficient (Wildman–Crippen LogP) is 2.48. The minimum Gasteiger partial charge on any atom is -0.330 e. The van der Waals surface area contributed by atoms with Crippen LogP contribution in [0.3, 0.4) is 0 Å². The highest BCUT2D eigenvalue weighted by molar-refractivity contribution is 4.82. The lowest BCUT2D eigenvalue weighted by Crippen LogP contribution is -2.23. The molecule has 1 rings (SSSR count). The first-order chi connectivity index (χ1) is 7.15. The first kappa shape index (κ1) is 13.0. The molecule has 0 radical (unpaired) electrons. The molecule has 1 aliphatic rings. The van der Waals surface area contributed by atoms with Gasteiger partial charge in [0.05, 0.1) is 0 Å². The van der Waals surface area contributed by atoms with Gasteiger partial charge in [0, 0.05) is 6.04 Å². The van der Waals surface area contributed by atoms with E-state index in [-0.39, 0.29) is 0 Å². The van der Waals surface area contributed by atoms with Crippen LogP contribution in [0.15, 0.2) is 0 Å². The van der Waals surface area contributed by atoms with Crippen LogP contribution in [-0.4, -0.2) is 31.1 Å². The lowest BCUT2D eigenvalue weighted by molar-refractivity contribution is 0.277. The monoisotopic (exact) mass is 212 g/mol. The summed E-state index contributed by atoms with van der Waals surface area (Å²) < 4.78 is 0. The van der Waals surface area contributed by atoms with Gasteiger partial charge in [-0.1, -0.05) is 13.8 Å². The zero-order valence-electron chi connectivity index (χ0n) is 10.7. The fourth-order valence-corrected chi connectivity index (χ4v) is 2.33. The SMILES string of the molecule is CC(C)C(CCN)CCCN(C)C1CC1. The minimum atomic E-state index is 0.791. The maximum absolute atomic E-state index is 5.65. The average Bonchev–Trinajstić information content (AvgIpc) is 2.99. The third kappa shape index (κ3) is 4.98. The molecular formula is C13H28N2. The van der Waals surface area contributed by atoms with Crippen LogP contribution >= 0.6 is 0 Å². The molecule has 0 aromatic rings. The first-order valence-corrected chi connectivity index (χ1v) is 6.55. The minimum absolute atomic E-state index is 0.791. The van der Waals surface area contributed by atoms with E-state index in [4.69, 9.17) is 5.73 Å². The van der Waals surface area contributed by atoms with Crippen LogP contribution in [0.4, 0.5) is 0 Å². The van der Waals surface area contributed by atoms with Gasteiger partial charge in [-0.2, -0.15) is 0 Å². The summed E-state index contributed by atoms with van der Waals surface area (Å²) in [4.78, 5) is 2.53. The molecule has 0 spiro atoms. The van der Waals surface area contributed by atoms with Gasteiger partial charge in [-0.25, -0.2) is 0 Å².